The van der Waals surface area contributed by atoms with Crippen LogP contribution >= 0.6 is 0 Å². The third kappa shape index (κ3) is 4.09. The van der Waals surface area contributed by atoms with Crippen LogP contribution in [-0.2, 0) is 19.1 Å². The van der Waals surface area contributed by atoms with Gasteiger partial charge in [0.25, 0.3) is 0 Å². The number of nitrogens with zero attached hydrogens (tertiary/aromatic N) is 1. The Labute approximate surface area is 135 Å². The van der Waals surface area contributed by atoms with Crippen molar-refractivity contribution in [1.82, 2.24) is 0 Å². The smallest absolute Gasteiger partial charge is 0.325 e. The summed E-state index contributed by atoms with van der Waals surface area (Å²) in [6.45, 7) is -0.220. The van der Waals surface area contributed by atoms with Crippen LogP contribution in [-0.4, -0.2) is 36.6 Å². The van der Waals surface area contributed by atoms with E-state index in [1.165, 1.54) is 12.0 Å². The molecule has 0 bridgehead atoms. The normalized spacial score (nSPS) is 20.6. The van der Waals surface area contributed by atoms with Gasteiger partial charge in [0.1, 0.15) is 6.54 Å². The highest BCUT2D eigenvalue weighted by Crippen LogP contribution is 2.33. The van der Waals surface area contributed by atoms with E-state index in [4.69, 9.17) is 0 Å². The average Bonchev–Trinajstić information content (AvgIpc) is 2.59. The predicted octanol–water partition coefficient (Wildman–Crippen LogP) is 2.08. The Morgan fingerprint density at radius 1 is 1.13 bits per heavy atom. The number of ether oxygens (including phenoxy) is 1. The van der Waals surface area contributed by atoms with Crippen LogP contribution in [0.5, 0.6) is 0 Å². The van der Waals surface area contributed by atoms with E-state index in [2.05, 4.69) is 4.74 Å². The Morgan fingerprint density at radius 3 is 2.30 bits per heavy atom. The number of carbonyl (C=O) groups is 3. The molecule has 0 radical (unpaired) electrons. The molecule has 2 atom stereocenters. The van der Waals surface area contributed by atoms with Crippen molar-refractivity contribution >= 4 is 23.5 Å². The second-order valence-corrected chi connectivity index (χ2v) is 5.67. The maximum atomic E-state index is 12.9. The predicted molar refractivity (Wildman–Crippen MR) is 83.9 cm³/mol. The van der Waals surface area contributed by atoms with Crippen molar-refractivity contribution in [2.75, 3.05) is 18.6 Å². The molecule has 6 nitrogen and oxygen atoms in total. The molecule has 23 heavy (non-hydrogen) atoms. The molecule has 1 amide bonds. The monoisotopic (exact) mass is 319 g/mol. The highest BCUT2D eigenvalue weighted by atomic mass is 16.5. The van der Waals surface area contributed by atoms with Gasteiger partial charge in [-0.15, -0.1) is 0 Å². The molecule has 0 aromatic heterocycles. The SMILES string of the molecule is COC(=O)CN(C(=O)[C@H]1CCCC[C@H]1C(=O)O)c1ccccc1. The fourth-order valence-corrected chi connectivity index (χ4v) is 3.02. The minimum atomic E-state index is -0.950. The lowest BCUT2D eigenvalue weighted by Gasteiger charge is -2.32. The van der Waals surface area contributed by atoms with Crippen molar-refractivity contribution in [3.63, 3.8) is 0 Å². The number of aliphatic carboxylic acids is 1. The molecule has 0 saturated heterocycles. The Kier molecular flexibility index (Phi) is 5.73. The van der Waals surface area contributed by atoms with Gasteiger partial charge in [-0.1, -0.05) is 31.0 Å². The van der Waals surface area contributed by atoms with Crippen LogP contribution in [0.4, 0.5) is 5.69 Å². The van der Waals surface area contributed by atoms with E-state index < -0.39 is 23.8 Å². The first-order valence-corrected chi connectivity index (χ1v) is 7.70. The van der Waals surface area contributed by atoms with Crippen LogP contribution in [0.15, 0.2) is 30.3 Å². The number of carboxylic acids is 1. The van der Waals surface area contributed by atoms with Gasteiger partial charge in [0, 0.05) is 5.69 Å². The van der Waals surface area contributed by atoms with E-state index in [0.29, 0.717) is 18.5 Å². The second-order valence-electron chi connectivity index (χ2n) is 5.67. The van der Waals surface area contributed by atoms with Gasteiger partial charge >= 0.3 is 11.9 Å². The zero-order valence-corrected chi connectivity index (χ0v) is 13.1. The number of amides is 1. The molecule has 0 unspecified atom stereocenters. The highest BCUT2D eigenvalue weighted by Gasteiger charge is 2.38. The number of hydrogen-bond acceptors (Lipinski definition) is 4. The lowest BCUT2D eigenvalue weighted by atomic mass is 9.78. The van der Waals surface area contributed by atoms with Gasteiger partial charge in [0.05, 0.1) is 18.9 Å². The number of carbonyl (C=O) groups excluding carboxylic acids is 2. The van der Waals surface area contributed by atoms with Crippen LogP contribution in [0.25, 0.3) is 0 Å². The summed E-state index contributed by atoms with van der Waals surface area (Å²) in [7, 11) is 1.26. The number of anilines is 1. The summed E-state index contributed by atoms with van der Waals surface area (Å²) in [5.74, 6) is -3.11. The second kappa shape index (κ2) is 7.76. The van der Waals surface area contributed by atoms with Crippen LogP contribution < -0.4 is 4.90 Å². The summed E-state index contributed by atoms with van der Waals surface area (Å²) in [4.78, 5) is 37.4. The Morgan fingerprint density at radius 2 is 1.74 bits per heavy atom. The van der Waals surface area contributed by atoms with Crippen molar-refractivity contribution in [3.05, 3.63) is 30.3 Å². The lowest BCUT2D eigenvalue weighted by molar-refractivity contribution is -0.148. The molecule has 0 spiro atoms. The quantitative estimate of drug-likeness (QED) is 0.840. The molecule has 1 saturated carbocycles. The Hall–Kier alpha value is -2.37. The minimum absolute atomic E-state index is 0.220. The summed E-state index contributed by atoms with van der Waals surface area (Å²) < 4.78 is 4.66. The van der Waals surface area contributed by atoms with Crippen LogP contribution in [0.1, 0.15) is 25.7 Å². The third-order valence-corrected chi connectivity index (χ3v) is 4.25. The summed E-state index contributed by atoms with van der Waals surface area (Å²) in [5.41, 5.74) is 0.567. The first-order valence-electron chi connectivity index (χ1n) is 7.70. The van der Waals surface area contributed by atoms with Crippen molar-refractivity contribution in [3.8, 4) is 0 Å². The molecular weight excluding hydrogens is 298 g/mol. The van der Waals surface area contributed by atoms with E-state index in [0.717, 1.165) is 12.8 Å². The van der Waals surface area contributed by atoms with Gasteiger partial charge in [-0.05, 0) is 25.0 Å². The molecule has 1 aromatic rings. The average molecular weight is 319 g/mol. The number of rotatable bonds is 5. The zero-order chi connectivity index (χ0) is 16.8. The number of para-hydroxylation sites is 1. The molecule has 124 valence electrons. The Bertz CT molecular complexity index is 572. The van der Waals surface area contributed by atoms with Crippen LogP contribution in [0, 0.1) is 11.8 Å². The fourth-order valence-electron chi connectivity index (χ4n) is 3.02. The van der Waals surface area contributed by atoms with Gasteiger partial charge in [0.2, 0.25) is 5.91 Å². The number of carboxylic acid groups (broad SMARTS) is 1. The summed E-state index contributed by atoms with van der Waals surface area (Å²) in [5, 5.41) is 9.38. The number of methoxy groups -OCH3 is 1. The Balaban J connectivity index is 2.28. The molecule has 1 aromatic carbocycles. The van der Waals surface area contributed by atoms with Gasteiger partial charge in [-0.3, -0.25) is 14.4 Å². The molecule has 1 aliphatic rings. The van der Waals surface area contributed by atoms with Crippen LogP contribution in [0.2, 0.25) is 0 Å². The van der Waals surface area contributed by atoms with Crippen molar-refractivity contribution < 1.29 is 24.2 Å². The van der Waals surface area contributed by atoms with E-state index in [1.54, 1.807) is 24.3 Å². The fraction of sp³-hybridized carbons (Fsp3) is 0.471. The van der Waals surface area contributed by atoms with E-state index >= 15 is 0 Å². The van der Waals surface area contributed by atoms with Gasteiger partial charge in [0.15, 0.2) is 0 Å². The van der Waals surface area contributed by atoms with Crippen molar-refractivity contribution in [1.29, 1.82) is 0 Å². The molecular formula is C17H21NO5. The molecule has 1 N–H and O–H groups in total. The first kappa shape index (κ1) is 17.0. The third-order valence-electron chi connectivity index (χ3n) is 4.25. The summed E-state index contributed by atoms with van der Waals surface area (Å²) >= 11 is 0. The van der Waals surface area contributed by atoms with Crippen molar-refractivity contribution in [2.24, 2.45) is 11.8 Å². The van der Waals surface area contributed by atoms with Gasteiger partial charge < -0.3 is 14.7 Å². The maximum absolute atomic E-state index is 12.9. The molecule has 1 aliphatic carbocycles. The van der Waals surface area contributed by atoms with Crippen LogP contribution in [0.3, 0.4) is 0 Å². The molecule has 1 fully saturated rings. The standard InChI is InChI=1S/C17H21NO5/c1-23-15(19)11-18(12-7-3-2-4-8-12)16(20)13-9-5-6-10-14(13)17(21)22/h2-4,7-8,13-14H,5-6,9-11H2,1H3,(H,21,22)/t13-,14+/m0/s1. The summed E-state index contributed by atoms with van der Waals surface area (Å²) in [6, 6.07) is 8.79. The number of hydrogen-bond donors (Lipinski definition) is 1. The van der Waals surface area contributed by atoms with E-state index in [9.17, 15) is 19.5 Å². The summed E-state index contributed by atoms with van der Waals surface area (Å²) in [6.07, 6.45) is 2.65. The van der Waals surface area contributed by atoms with Crippen molar-refractivity contribution in [2.45, 2.75) is 25.7 Å². The van der Waals surface area contributed by atoms with Gasteiger partial charge in [-0.25, -0.2) is 0 Å². The largest absolute Gasteiger partial charge is 0.481 e. The lowest BCUT2D eigenvalue weighted by Crippen LogP contribution is -2.45. The molecule has 2 rings (SSSR count). The topological polar surface area (TPSA) is 83.9 Å². The van der Waals surface area contributed by atoms with E-state index in [1.807, 2.05) is 6.07 Å². The van der Waals surface area contributed by atoms with Gasteiger partial charge in [-0.2, -0.15) is 0 Å². The minimum Gasteiger partial charge on any atom is -0.481 e. The molecule has 0 heterocycles. The first-order chi connectivity index (χ1) is 11.0. The van der Waals surface area contributed by atoms with E-state index in [-0.39, 0.29) is 12.5 Å². The molecule has 6 heteroatoms. The zero-order valence-electron chi connectivity index (χ0n) is 13.1. The number of esters is 1. The highest BCUT2D eigenvalue weighted by molar-refractivity contribution is 6.00. The molecule has 0 aliphatic heterocycles. The maximum Gasteiger partial charge on any atom is 0.325 e. The number of benzene rings is 1.